The van der Waals surface area contributed by atoms with Crippen molar-refractivity contribution in [3.63, 3.8) is 0 Å². The van der Waals surface area contributed by atoms with Crippen molar-refractivity contribution < 1.29 is 4.74 Å². The van der Waals surface area contributed by atoms with Gasteiger partial charge in [0.15, 0.2) is 0 Å². The Morgan fingerprint density at radius 3 is 2.30 bits per heavy atom. The van der Waals surface area contributed by atoms with E-state index >= 15 is 0 Å². The van der Waals surface area contributed by atoms with Gasteiger partial charge >= 0.3 is 0 Å². The standard InChI is InChI=1S/C19H19ClN2O/c20-18-7-5-17(6-8-18)19(9-11-23-12-10-19)22-14-16-3-1-15(13-21)2-4-16/h1-8,22H,9-12,14H2. The maximum Gasteiger partial charge on any atom is 0.0991 e. The number of hydrogen-bond donors (Lipinski definition) is 1. The van der Waals surface area contributed by atoms with Crippen LogP contribution in [-0.4, -0.2) is 13.2 Å². The van der Waals surface area contributed by atoms with E-state index in [-0.39, 0.29) is 5.54 Å². The molecule has 0 unspecified atom stereocenters. The molecule has 1 N–H and O–H groups in total. The van der Waals surface area contributed by atoms with Gasteiger partial charge in [-0.3, -0.25) is 0 Å². The zero-order valence-electron chi connectivity index (χ0n) is 12.9. The van der Waals surface area contributed by atoms with Gasteiger partial charge in [-0.05, 0) is 48.2 Å². The highest BCUT2D eigenvalue weighted by atomic mass is 35.5. The minimum Gasteiger partial charge on any atom is -0.381 e. The molecule has 0 atom stereocenters. The van der Waals surface area contributed by atoms with Crippen LogP contribution in [0.3, 0.4) is 0 Å². The molecule has 3 nitrogen and oxygen atoms in total. The molecule has 23 heavy (non-hydrogen) atoms. The molecule has 0 saturated carbocycles. The van der Waals surface area contributed by atoms with Gasteiger partial charge in [0.1, 0.15) is 0 Å². The van der Waals surface area contributed by atoms with Crippen molar-refractivity contribution in [2.24, 2.45) is 0 Å². The fourth-order valence-corrected chi connectivity index (χ4v) is 3.15. The molecule has 0 radical (unpaired) electrons. The Labute approximate surface area is 141 Å². The number of nitriles is 1. The molecule has 1 heterocycles. The quantitative estimate of drug-likeness (QED) is 0.923. The molecule has 3 rings (SSSR count). The summed E-state index contributed by atoms with van der Waals surface area (Å²) in [6.45, 7) is 2.26. The van der Waals surface area contributed by atoms with Crippen LogP contribution in [0.15, 0.2) is 48.5 Å². The molecule has 118 valence electrons. The summed E-state index contributed by atoms with van der Waals surface area (Å²) >= 11 is 6.03. The lowest BCUT2D eigenvalue weighted by Gasteiger charge is -2.39. The summed E-state index contributed by atoms with van der Waals surface area (Å²) in [6.07, 6.45) is 1.87. The summed E-state index contributed by atoms with van der Waals surface area (Å²) in [5.41, 5.74) is 3.02. The van der Waals surface area contributed by atoms with Crippen molar-refractivity contribution in [2.45, 2.75) is 24.9 Å². The fraction of sp³-hybridized carbons (Fsp3) is 0.316. The van der Waals surface area contributed by atoms with Crippen molar-refractivity contribution >= 4 is 11.6 Å². The number of nitrogens with zero attached hydrogens (tertiary/aromatic N) is 1. The molecule has 0 spiro atoms. The first kappa shape index (κ1) is 16.0. The van der Waals surface area contributed by atoms with Crippen LogP contribution in [0.5, 0.6) is 0 Å². The lowest BCUT2D eigenvalue weighted by Crippen LogP contribution is -2.46. The van der Waals surface area contributed by atoms with Gasteiger partial charge in [-0.25, -0.2) is 0 Å². The van der Waals surface area contributed by atoms with E-state index < -0.39 is 0 Å². The Balaban J connectivity index is 1.78. The highest BCUT2D eigenvalue weighted by molar-refractivity contribution is 6.30. The monoisotopic (exact) mass is 326 g/mol. The largest absolute Gasteiger partial charge is 0.381 e. The predicted molar refractivity (Wildman–Crippen MR) is 91.2 cm³/mol. The van der Waals surface area contributed by atoms with Crippen LogP contribution in [0, 0.1) is 11.3 Å². The van der Waals surface area contributed by atoms with Gasteiger partial charge in [0, 0.05) is 30.3 Å². The predicted octanol–water partition coefficient (Wildman–Crippen LogP) is 4.01. The molecule has 0 bridgehead atoms. The number of nitrogens with one attached hydrogen (secondary N) is 1. The van der Waals surface area contributed by atoms with Gasteiger partial charge < -0.3 is 10.1 Å². The third-order valence-electron chi connectivity index (χ3n) is 4.46. The molecule has 4 heteroatoms. The van der Waals surface area contributed by atoms with E-state index in [1.807, 2.05) is 36.4 Å². The minimum absolute atomic E-state index is 0.0866. The van der Waals surface area contributed by atoms with Crippen LogP contribution in [0.4, 0.5) is 0 Å². The molecule has 1 fully saturated rings. The molecule has 0 aromatic heterocycles. The molecule has 1 aliphatic heterocycles. The summed E-state index contributed by atoms with van der Waals surface area (Å²) in [5.74, 6) is 0. The summed E-state index contributed by atoms with van der Waals surface area (Å²) in [5, 5.41) is 13.4. The summed E-state index contributed by atoms with van der Waals surface area (Å²) in [4.78, 5) is 0. The summed E-state index contributed by atoms with van der Waals surface area (Å²) in [7, 11) is 0. The van der Waals surface area contributed by atoms with E-state index in [0.717, 1.165) is 37.6 Å². The molecule has 1 saturated heterocycles. The zero-order chi connectivity index (χ0) is 16.1. The smallest absolute Gasteiger partial charge is 0.0991 e. The van der Waals surface area contributed by atoms with Crippen molar-refractivity contribution in [1.82, 2.24) is 5.32 Å². The van der Waals surface area contributed by atoms with Gasteiger partial charge in [0.2, 0.25) is 0 Å². The number of halogens is 1. The van der Waals surface area contributed by atoms with E-state index in [1.54, 1.807) is 0 Å². The second-order valence-electron chi connectivity index (χ2n) is 5.86. The number of ether oxygens (including phenoxy) is 1. The van der Waals surface area contributed by atoms with Crippen LogP contribution in [0.1, 0.15) is 29.5 Å². The Hall–Kier alpha value is -1.86. The van der Waals surface area contributed by atoms with Crippen LogP contribution >= 0.6 is 11.6 Å². The molecular formula is C19H19ClN2O. The highest BCUT2D eigenvalue weighted by Crippen LogP contribution is 2.33. The van der Waals surface area contributed by atoms with Gasteiger partial charge in [0.25, 0.3) is 0 Å². The Morgan fingerprint density at radius 2 is 1.70 bits per heavy atom. The zero-order valence-corrected chi connectivity index (χ0v) is 13.6. The molecular weight excluding hydrogens is 308 g/mol. The van der Waals surface area contributed by atoms with Crippen LogP contribution in [0.2, 0.25) is 5.02 Å². The molecule has 0 aliphatic carbocycles. The lowest BCUT2D eigenvalue weighted by molar-refractivity contribution is 0.0358. The van der Waals surface area contributed by atoms with Gasteiger partial charge in [0.05, 0.1) is 11.6 Å². The third kappa shape index (κ3) is 3.73. The Bertz CT molecular complexity index is 683. The van der Waals surface area contributed by atoms with Crippen molar-refractivity contribution in [1.29, 1.82) is 5.26 Å². The van der Waals surface area contributed by atoms with E-state index in [2.05, 4.69) is 23.5 Å². The van der Waals surface area contributed by atoms with E-state index in [0.29, 0.717) is 5.56 Å². The highest BCUT2D eigenvalue weighted by Gasteiger charge is 2.33. The van der Waals surface area contributed by atoms with Crippen LogP contribution in [0.25, 0.3) is 0 Å². The van der Waals surface area contributed by atoms with E-state index in [9.17, 15) is 0 Å². The average molecular weight is 327 g/mol. The molecule has 0 amide bonds. The summed E-state index contributed by atoms with van der Waals surface area (Å²) < 4.78 is 5.55. The van der Waals surface area contributed by atoms with Crippen molar-refractivity contribution in [2.75, 3.05) is 13.2 Å². The van der Waals surface area contributed by atoms with Crippen molar-refractivity contribution in [3.05, 3.63) is 70.2 Å². The Kier molecular flexibility index (Phi) is 4.97. The molecule has 2 aromatic rings. The normalized spacial score (nSPS) is 16.7. The van der Waals surface area contributed by atoms with Gasteiger partial charge in [-0.2, -0.15) is 5.26 Å². The first-order chi connectivity index (χ1) is 11.2. The Morgan fingerprint density at radius 1 is 1.04 bits per heavy atom. The number of benzene rings is 2. The van der Waals surface area contributed by atoms with Gasteiger partial charge in [-0.15, -0.1) is 0 Å². The second-order valence-corrected chi connectivity index (χ2v) is 6.30. The third-order valence-corrected chi connectivity index (χ3v) is 4.71. The SMILES string of the molecule is N#Cc1ccc(CNC2(c3ccc(Cl)cc3)CCOCC2)cc1. The maximum absolute atomic E-state index is 8.88. The molecule has 1 aliphatic rings. The van der Waals surface area contributed by atoms with E-state index in [4.69, 9.17) is 21.6 Å². The van der Waals surface area contributed by atoms with E-state index in [1.165, 1.54) is 11.1 Å². The van der Waals surface area contributed by atoms with Crippen LogP contribution < -0.4 is 5.32 Å². The summed E-state index contributed by atoms with van der Waals surface area (Å²) in [6, 6.07) is 17.9. The molecule has 2 aromatic carbocycles. The van der Waals surface area contributed by atoms with Crippen molar-refractivity contribution in [3.8, 4) is 6.07 Å². The fourth-order valence-electron chi connectivity index (χ4n) is 3.02. The number of rotatable bonds is 4. The lowest BCUT2D eigenvalue weighted by atomic mass is 9.82. The average Bonchev–Trinajstić information content (AvgIpc) is 2.62. The van der Waals surface area contributed by atoms with Crippen LogP contribution in [-0.2, 0) is 16.8 Å². The first-order valence-corrected chi connectivity index (χ1v) is 8.17. The second kappa shape index (κ2) is 7.14. The van der Waals surface area contributed by atoms with Gasteiger partial charge in [-0.1, -0.05) is 35.9 Å². The minimum atomic E-state index is -0.0866. The first-order valence-electron chi connectivity index (χ1n) is 7.80. The number of hydrogen-bond acceptors (Lipinski definition) is 3. The maximum atomic E-state index is 8.88. The topological polar surface area (TPSA) is 45.0 Å².